The number of anilines is 1. The minimum Gasteiger partial charge on any atom is -0.378 e. The largest absolute Gasteiger partial charge is 0.378 e. The summed E-state index contributed by atoms with van der Waals surface area (Å²) in [4.78, 5) is 30.3. The van der Waals surface area contributed by atoms with Crippen LogP contribution in [0, 0.1) is 5.92 Å². The first-order valence-electron chi connectivity index (χ1n) is 8.23. The highest BCUT2D eigenvalue weighted by molar-refractivity contribution is 5.94. The van der Waals surface area contributed by atoms with Crippen LogP contribution in [-0.4, -0.2) is 61.9 Å². The van der Waals surface area contributed by atoms with Gasteiger partial charge in [-0.2, -0.15) is 0 Å². The smallest absolute Gasteiger partial charge is 0.253 e. The fourth-order valence-electron chi connectivity index (χ4n) is 2.72. The normalized spacial score (nSPS) is 15.0. The molecule has 0 aliphatic carbocycles. The number of carbonyl (C=O) groups is 2. The Hall–Kier alpha value is -2.04. The second-order valence-corrected chi connectivity index (χ2v) is 6.71. The Morgan fingerprint density at radius 3 is 2.00 bits per heavy atom. The van der Waals surface area contributed by atoms with Crippen molar-refractivity contribution in [2.24, 2.45) is 5.92 Å². The lowest BCUT2D eigenvalue weighted by molar-refractivity contribution is -0.133. The molecule has 1 heterocycles. The number of carbonyl (C=O) groups excluding carboxylic acids is 2. The van der Waals surface area contributed by atoms with Crippen molar-refractivity contribution in [1.29, 1.82) is 0 Å². The van der Waals surface area contributed by atoms with Gasteiger partial charge in [0.1, 0.15) is 0 Å². The molecule has 2 amide bonds. The number of piperazine rings is 1. The van der Waals surface area contributed by atoms with Crippen molar-refractivity contribution in [2.45, 2.75) is 20.3 Å². The number of hydrogen-bond donors (Lipinski definition) is 0. The minimum atomic E-state index is 0.0475. The maximum absolute atomic E-state index is 12.5. The molecule has 2 rings (SSSR count). The predicted octanol–water partition coefficient (Wildman–Crippen LogP) is 2.08. The van der Waals surface area contributed by atoms with E-state index in [0.717, 1.165) is 5.69 Å². The average Bonchev–Trinajstić information content (AvgIpc) is 2.53. The van der Waals surface area contributed by atoms with E-state index in [0.29, 0.717) is 44.1 Å². The van der Waals surface area contributed by atoms with Crippen molar-refractivity contribution in [1.82, 2.24) is 9.80 Å². The lowest BCUT2D eigenvalue weighted by Gasteiger charge is -2.35. The number of nitrogens with zero attached hydrogens (tertiary/aromatic N) is 3. The number of benzene rings is 1. The van der Waals surface area contributed by atoms with Gasteiger partial charge in [0.2, 0.25) is 5.91 Å². The fourth-order valence-corrected chi connectivity index (χ4v) is 2.72. The maximum atomic E-state index is 12.5. The average molecular weight is 317 g/mol. The van der Waals surface area contributed by atoms with E-state index in [1.807, 2.05) is 53.1 Å². The molecular weight excluding hydrogens is 290 g/mol. The maximum Gasteiger partial charge on any atom is 0.253 e. The SMILES string of the molecule is CC(C)CC(=O)N1CCN(C(=O)c2ccc(N(C)C)cc2)CC1. The van der Waals surface area contributed by atoms with Crippen LogP contribution in [0.4, 0.5) is 5.69 Å². The van der Waals surface area contributed by atoms with Crippen LogP contribution in [-0.2, 0) is 4.79 Å². The second-order valence-electron chi connectivity index (χ2n) is 6.71. The molecule has 0 spiro atoms. The third kappa shape index (κ3) is 4.47. The molecule has 1 saturated heterocycles. The Labute approximate surface area is 138 Å². The van der Waals surface area contributed by atoms with Gasteiger partial charge in [0, 0.05) is 57.9 Å². The first kappa shape index (κ1) is 17.3. The van der Waals surface area contributed by atoms with Crippen LogP contribution < -0.4 is 4.90 Å². The van der Waals surface area contributed by atoms with Crippen LogP contribution in [0.2, 0.25) is 0 Å². The summed E-state index contributed by atoms with van der Waals surface area (Å²) >= 11 is 0. The zero-order valence-corrected chi connectivity index (χ0v) is 14.6. The molecule has 126 valence electrons. The Balaban J connectivity index is 1.91. The van der Waals surface area contributed by atoms with Crippen LogP contribution in [0.15, 0.2) is 24.3 Å². The van der Waals surface area contributed by atoms with Crippen molar-refractivity contribution < 1.29 is 9.59 Å². The van der Waals surface area contributed by atoms with Gasteiger partial charge in [-0.1, -0.05) is 13.8 Å². The first-order valence-corrected chi connectivity index (χ1v) is 8.23. The molecular formula is C18H27N3O2. The van der Waals surface area contributed by atoms with E-state index in [4.69, 9.17) is 0 Å². The van der Waals surface area contributed by atoms with E-state index >= 15 is 0 Å². The van der Waals surface area contributed by atoms with E-state index in [1.165, 1.54) is 0 Å². The molecule has 0 aromatic heterocycles. The highest BCUT2D eigenvalue weighted by atomic mass is 16.2. The Morgan fingerprint density at radius 2 is 1.52 bits per heavy atom. The van der Waals surface area contributed by atoms with Gasteiger partial charge in [-0.05, 0) is 30.2 Å². The predicted molar refractivity (Wildman–Crippen MR) is 92.7 cm³/mol. The molecule has 1 aromatic rings. The Kier molecular flexibility index (Phi) is 5.64. The topological polar surface area (TPSA) is 43.9 Å². The molecule has 0 radical (unpaired) electrons. The first-order chi connectivity index (χ1) is 10.9. The minimum absolute atomic E-state index is 0.0475. The van der Waals surface area contributed by atoms with Crippen molar-refractivity contribution in [2.75, 3.05) is 45.2 Å². The molecule has 0 bridgehead atoms. The molecule has 5 nitrogen and oxygen atoms in total. The van der Waals surface area contributed by atoms with Crippen molar-refractivity contribution in [3.8, 4) is 0 Å². The summed E-state index contributed by atoms with van der Waals surface area (Å²) in [6.07, 6.45) is 0.583. The van der Waals surface area contributed by atoms with Crippen LogP contribution in [0.5, 0.6) is 0 Å². The van der Waals surface area contributed by atoms with E-state index < -0.39 is 0 Å². The molecule has 0 saturated carbocycles. The van der Waals surface area contributed by atoms with Crippen LogP contribution in [0.1, 0.15) is 30.6 Å². The van der Waals surface area contributed by atoms with E-state index in [9.17, 15) is 9.59 Å². The van der Waals surface area contributed by atoms with Crippen molar-refractivity contribution in [3.63, 3.8) is 0 Å². The second kappa shape index (κ2) is 7.49. The summed E-state index contributed by atoms with van der Waals surface area (Å²) < 4.78 is 0. The van der Waals surface area contributed by atoms with Gasteiger partial charge >= 0.3 is 0 Å². The molecule has 23 heavy (non-hydrogen) atoms. The van der Waals surface area contributed by atoms with Crippen LogP contribution >= 0.6 is 0 Å². The molecule has 0 N–H and O–H groups in total. The van der Waals surface area contributed by atoms with Gasteiger partial charge < -0.3 is 14.7 Å². The summed E-state index contributed by atoms with van der Waals surface area (Å²) in [5.41, 5.74) is 1.78. The lowest BCUT2D eigenvalue weighted by atomic mass is 10.1. The van der Waals surface area contributed by atoms with E-state index in [2.05, 4.69) is 13.8 Å². The number of hydrogen-bond acceptors (Lipinski definition) is 3. The quantitative estimate of drug-likeness (QED) is 0.854. The van der Waals surface area contributed by atoms with Crippen LogP contribution in [0.25, 0.3) is 0 Å². The third-order valence-corrected chi connectivity index (χ3v) is 4.13. The van der Waals surface area contributed by atoms with Crippen molar-refractivity contribution >= 4 is 17.5 Å². The zero-order chi connectivity index (χ0) is 17.0. The van der Waals surface area contributed by atoms with Gasteiger partial charge in [0.15, 0.2) is 0 Å². The summed E-state index contributed by atoms with van der Waals surface area (Å²) in [7, 11) is 3.95. The highest BCUT2D eigenvalue weighted by Crippen LogP contribution is 2.15. The Bertz CT molecular complexity index is 544. The van der Waals surface area contributed by atoms with E-state index in [1.54, 1.807) is 0 Å². The van der Waals surface area contributed by atoms with Gasteiger partial charge in [-0.25, -0.2) is 0 Å². The summed E-state index contributed by atoms with van der Waals surface area (Å²) in [5.74, 6) is 0.617. The third-order valence-electron chi connectivity index (χ3n) is 4.13. The molecule has 0 unspecified atom stereocenters. The molecule has 1 aliphatic heterocycles. The van der Waals surface area contributed by atoms with Gasteiger partial charge in [-0.3, -0.25) is 9.59 Å². The van der Waals surface area contributed by atoms with Gasteiger partial charge in [0.05, 0.1) is 0 Å². The van der Waals surface area contributed by atoms with Crippen molar-refractivity contribution in [3.05, 3.63) is 29.8 Å². The standard InChI is InChI=1S/C18H27N3O2/c1-14(2)13-17(22)20-9-11-21(12-10-20)18(23)15-5-7-16(8-6-15)19(3)4/h5-8,14H,9-13H2,1-4H3. The van der Waals surface area contributed by atoms with E-state index in [-0.39, 0.29) is 11.8 Å². The summed E-state index contributed by atoms with van der Waals surface area (Å²) in [6, 6.07) is 7.65. The van der Waals surface area contributed by atoms with Gasteiger partial charge in [0.25, 0.3) is 5.91 Å². The van der Waals surface area contributed by atoms with Crippen LogP contribution in [0.3, 0.4) is 0 Å². The summed E-state index contributed by atoms with van der Waals surface area (Å²) in [5, 5.41) is 0. The highest BCUT2D eigenvalue weighted by Gasteiger charge is 2.25. The summed E-state index contributed by atoms with van der Waals surface area (Å²) in [6.45, 7) is 6.58. The molecule has 1 aliphatic rings. The van der Waals surface area contributed by atoms with Gasteiger partial charge in [-0.15, -0.1) is 0 Å². The monoisotopic (exact) mass is 317 g/mol. The zero-order valence-electron chi connectivity index (χ0n) is 14.6. The molecule has 1 fully saturated rings. The Morgan fingerprint density at radius 1 is 1.00 bits per heavy atom. The molecule has 5 heteroatoms. The molecule has 1 aromatic carbocycles. The lowest BCUT2D eigenvalue weighted by Crippen LogP contribution is -2.50. The number of amides is 2. The number of rotatable bonds is 4. The molecule has 0 atom stereocenters. The fraction of sp³-hybridized carbons (Fsp3) is 0.556.